The van der Waals surface area contributed by atoms with Gasteiger partial charge in [0.05, 0.1) is 0 Å². The Morgan fingerprint density at radius 1 is 0.778 bits per heavy atom. The van der Waals surface area contributed by atoms with Crippen LogP contribution in [0.4, 0.5) is 0 Å². The molecule has 0 spiro atoms. The van der Waals surface area contributed by atoms with Gasteiger partial charge in [-0.15, -0.1) is 25.3 Å². The monoisotopic (exact) mass is 324 g/mol. The first kappa shape index (κ1) is 18.5. The van der Waals surface area contributed by atoms with E-state index in [0.717, 1.165) is 26.2 Å². The summed E-state index contributed by atoms with van der Waals surface area (Å²) in [6.45, 7) is 8.13. The minimum absolute atomic E-state index is 0.704. The Labute approximate surface area is 133 Å². The third-order valence-electron chi connectivity index (χ3n) is 2.91. The lowest BCUT2D eigenvalue weighted by Gasteiger charge is -2.21. The van der Waals surface area contributed by atoms with Crippen LogP contribution in [0, 0.1) is 0 Å². The second-order valence-electron chi connectivity index (χ2n) is 4.14. The van der Waals surface area contributed by atoms with Crippen molar-refractivity contribution in [2.75, 3.05) is 26.2 Å². The Kier molecular flexibility index (Phi) is 11.6. The first-order valence-electron chi connectivity index (χ1n) is 6.48. The minimum Gasteiger partial charge on any atom is -0.358 e. The molecule has 6 heteroatoms. The zero-order valence-corrected chi connectivity index (χ0v) is 14.7. The lowest BCUT2D eigenvalue weighted by Crippen LogP contribution is -2.27. The van der Waals surface area contributed by atoms with Crippen molar-refractivity contribution in [2.45, 2.75) is 39.5 Å². The molecule has 0 unspecified atom stereocenters. The average Bonchev–Trinajstić information content (AvgIpc) is 2.32. The first-order chi connectivity index (χ1) is 8.52. The maximum atomic E-state index is 5.06. The molecule has 0 fully saturated rings. The molecule has 0 aromatic rings. The third-order valence-corrected chi connectivity index (χ3v) is 3.99. The maximum Gasteiger partial charge on any atom is 0.133 e. The van der Waals surface area contributed by atoms with Crippen LogP contribution in [0.2, 0.25) is 0 Å². The van der Waals surface area contributed by atoms with Gasteiger partial charge in [-0.1, -0.05) is 37.3 Å². The largest absolute Gasteiger partial charge is 0.358 e. The van der Waals surface area contributed by atoms with Crippen molar-refractivity contribution in [3.63, 3.8) is 0 Å². The van der Waals surface area contributed by atoms with E-state index in [0.29, 0.717) is 8.64 Å². The molecule has 2 nitrogen and oxygen atoms in total. The van der Waals surface area contributed by atoms with Gasteiger partial charge >= 0.3 is 0 Å². The van der Waals surface area contributed by atoms with E-state index in [-0.39, 0.29) is 0 Å². The Hall–Kier alpha value is 0.480. The predicted octanol–water partition coefficient (Wildman–Crippen LogP) is 3.62. The average molecular weight is 325 g/mol. The molecule has 0 aromatic heterocycles. The van der Waals surface area contributed by atoms with Gasteiger partial charge in [0.2, 0.25) is 0 Å². The maximum absolute atomic E-state index is 5.06. The van der Waals surface area contributed by atoms with Crippen LogP contribution in [0.15, 0.2) is 0 Å². The Balaban J connectivity index is 3.56. The number of hydrogen-bond acceptors (Lipinski definition) is 2. The van der Waals surface area contributed by atoms with Crippen molar-refractivity contribution >= 4 is 58.3 Å². The summed E-state index contributed by atoms with van der Waals surface area (Å²) in [7, 11) is 0. The van der Waals surface area contributed by atoms with Gasteiger partial charge in [-0.05, 0) is 26.7 Å². The molecule has 0 heterocycles. The zero-order chi connectivity index (χ0) is 14.0. The molecule has 0 atom stereocenters. The van der Waals surface area contributed by atoms with Crippen molar-refractivity contribution in [2.24, 2.45) is 0 Å². The van der Waals surface area contributed by atoms with Crippen molar-refractivity contribution in [1.29, 1.82) is 0 Å². The van der Waals surface area contributed by atoms with Crippen LogP contribution in [0.1, 0.15) is 39.5 Å². The second-order valence-corrected chi connectivity index (χ2v) is 6.36. The summed E-state index contributed by atoms with van der Waals surface area (Å²) in [5, 5.41) is 0. The quantitative estimate of drug-likeness (QED) is 0.380. The van der Waals surface area contributed by atoms with E-state index < -0.39 is 0 Å². The van der Waals surface area contributed by atoms with Crippen LogP contribution in [0.5, 0.6) is 0 Å². The third kappa shape index (κ3) is 8.56. The van der Waals surface area contributed by atoms with Gasteiger partial charge < -0.3 is 9.80 Å². The Morgan fingerprint density at radius 3 is 1.33 bits per heavy atom. The van der Waals surface area contributed by atoms with Gasteiger partial charge in [-0.2, -0.15) is 0 Å². The fourth-order valence-electron chi connectivity index (χ4n) is 1.74. The topological polar surface area (TPSA) is 6.48 Å². The van der Waals surface area contributed by atoms with Crippen LogP contribution in [-0.4, -0.2) is 44.6 Å². The normalized spacial score (nSPS) is 10.2. The van der Waals surface area contributed by atoms with Crippen LogP contribution < -0.4 is 0 Å². The number of unbranched alkanes of at least 4 members (excludes halogenated alkanes) is 3. The second kappa shape index (κ2) is 11.3. The highest BCUT2D eigenvalue weighted by molar-refractivity contribution is 8.11. The molecule has 0 amide bonds. The van der Waals surface area contributed by atoms with E-state index in [9.17, 15) is 0 Å². The van der Waals surface area contributed by atoms with Gasteiger partial charge in [0, 0.05) is 26.2 Å². The summed E-state index contributed by atoms with van der Waals surface area (Å²) >= 11 is 18.5. The fourth-order valence-corrected chi connectivity index (χ4v) is 2.66. The predicted molar refractivity (Wildman–Crippen MR) is 96.1 cm³/mol. The highest BCUT2D eigenvalue weighted by Crippen LogP contribution is 2.06. The highest BCUT2D eigenvalue weighted by atomic mass is 32.1. The fraction of sp³-hybridized carbons (Fsp3) is 0.833. The van der Waals surface area contributed by atoms with Gasteiger partial charge in [0.15, 0.2) is 0 Å². The Bertz CT molecular complexity index is 232. The van der Waals surface area contributed by atoms with E-state index >= 15 is 0 Å². The molecule has 0 radical (unpaired) electrons. The van der Waals surface area contributed by atoms with E-state index in [1.807, 2.05) is 0 Å². The molecule has 0 rings (SSSR count). The molecule has 0 aliphatic carbocycles. The first-order valence-corrected chi connectivity index (χ1v) is 8.19. The number of thiocarbonyl (C=S) groups is 2. The lowest BCUT2D eigenvalue weighted by molar-refractivity contribution is 0.409. The van der Waals surface area contributed by atoms with Crippen molar-refractivity contribution in [3.05, 3.63) is 0 Å². The molecule has 0 aliphatic rings. The van der Waals surface area contributed by atoms with Gasteiger partial charge in [-0.25, -0.2) is 0 Å². The number of rotatable bonds is 9. The van der Waals surface area contributed by atoms with Crippen molar-refractivity contribution in [1.82, 2.24) is 9.80 Å². The molecular weight excluding hydrogens is 300 g/mol. The Morgan fingerprint density at radius 2 is 1.11 bits per heavy atom. The van der Waals surface area contributed by atoms with Gasteiger partial charge in [0.25, 0.3) is 0 Å². The minimum atomic E-state index is 0.704. The summed E-state index contributed by atoms with van der Waals surface area (Å²) in [5.74, 6) is 0. The molecule has 0 N–H and O–H groups in total. The number of hydrogen-bond donors (Lipinski definition) is 2. The van der Waals surface area contributed by atoms with Crippen LogP contribution in [0.25, 0.3) is 0 Å². The summed E-state index contributed by atoms with van der Waals surface area (Å²) in [6, 6.07) is 0. The molecule has 0 aliphatic heterocycles. The van der Waals surface area contributed by atoms with Crippen LogP contribution in [-0.2, 0) is 0 Å². The summed E-state index contributed by atoms with van der Waals surface area (Å²) in [6.07, 6.45) is 4.80. The van der Waals surface area contributed by atoms with E-state index in [1.54, 1.807) is 0 Å². The molecule has 0 saturated heterocycles. The molecule has 18 heavy (non-hydrogen) atoms. The van der Waals surface area contributed by atoms with E-state index in [4.69, 9.17) is 24.4 Å². The summed E-state index contributed by atoms with van der Waals surface area (Å²) in [4.78, 5) is 4.25. The van der Waals surface area contributed by atoms with Gasteiger partial charge in [0.1, 0.15) is 8.64 Å². The summed E-state index contributed by atoms with van der Waals surface area (Å²) in [5.41, 5.74) is 0. The zero-order valence-electron chi connectivity index (χ0n) is 11.3. The van der Waals surface area contributed by atoms with Crippen LogP contribution in [0.3, 0.4) is 0 Å². The van der Waals surface area contributed by atoms with Crippen molar-refractivity contribution < 1.29 is 0 Å². The van der Waals surface area contributed by atoms with E-state index in [2.05, 4.69) is 48.9 Å². The SMILES string of the molecule is CCN(CCCCCCN(CC)C(=S)S)C(=S)S. The summed E-state index contributed by atoms with van der Waals surface area (Å²) < 4.78 is 1.41. The van der Waals surface area contributed by atoms with E-state index in [1.165, 1.54) is 25.7 Å². The molecule has 0 saturated carbocycles. The lowest BCUT2D eigenvalue weighted by atomic mass is 10.2. The van der Waals surface area contributed by atoms with Crippen LogP contribution >= 0.6 is 49.7 Å². The number of thiol groups is 2. The van der Waals surface area contributed by atoms with Gasteiger partial charge in [-0.3, -0.25) is 0 Å². The molecule has 0 aromatic carbocycles. The molecule has 106 valence electrons. The molecular formula is C12H24N2S4. The number of nitrogens with zero attached hydrogens (tertiary/aromatic N) is 2. The van der Waals surface area contributed by atoms with Crippen molar-refractivity contribution in [3.8, 4) is 0 Å². The highest BCUT2D eigenvalue weighted by Gasteiger charge is 2.04. The standard InChI is InChI=1S/C12H24N2S4/c1-3-13(11(15)16)9-7-5-6-8-10-14(4-2)12(17)18/h3-10H2,1-2H3,(H,15,16)(H,17,18). The molecule has 0 bridgehead atoms. The smallest absolute Gasteiger partial charge is 0.133 e.